The Hall–Kier alpha value is -3.16. The largest absolute Gasteiger partial charge is 0.351 e. The predicted octanol–water partition coefficient (Wildman–Crippen LogP) is 8.93. The molecule has 6 nitrogen and oxygen atoms in total. The molecule has 0 atom stereocenters. The molecule has 0 aliphatic rings. The average molecular weight is 626 g/mol. The summed E-state index contributed by atoms with van der Waals surface area (Å²) in [7, 11) is -8.43. The number of anilines is 1. The van der Waals surface area contributed by atoms with Crippen molar-refractivity contribution in [2.75, 3.05) is 10.6 Å². The molecule has 0 saturated heterocycles. The summed E-state index contributed by atoms with van der Waals surface area (Å²) in [6, 6.07) is 35.2. The Morgan fingerprint density at radius 1 is 0.634 bits per heavy atom. The van der Waals surface area contributed by atoms with Gasteiger partial charge in [0.25, 0.3) is 10.0 Å². The first-order valence-electron chi connectivity index (χ1n) is 12.7. The van der Waals surface area contributed by atoms with E-state index < -0.39 is 23.9 Å². The lowest BCUT2D eigenvalue weighted by molar-refractivity contribution is 0.191. The summed E-state index contributed by atoms with van der Waals surface area (Å²) in [6.07, 6.45) is -0.586. The maximum atomic E-state index is 14.4. The Kier molecular flexibility index (Phi) is 9.15. The fraction of sp³-hybridized carbons (Fsp3) is 0.0968. The van der Waals surface area contributed by atoms with E-state index in [0.29, 0.717) is 0 Å². The van der Waals surface area contributed by atoms with Gasteiger partial charge < -0.3 is 9.05 Å². The third-order valence-corrected chi connectivity index (χ3v) is 10.3. The monoisotopic (exact) mass is 625 g/mol. The van der Waals surface area contributed by atoms with Gasteiger partial charge in [-0.05, 0) is 52.2 Å². The molecule has 0 bridgehead atoms. The summed E-state index contributed by atoms with van der Waals surface area (Å²) < 4.78 is 55.7. The number of hydrogen-bond acceptors (Lipinski definition) is 5. The van der Waals surface area contributed by atoms with Gasteiger partial charge in [0, 0.05) is 10.0 Å². The van der Waals surface area contributed by atoms with Crippen molar-refractivity contribution in [3.8, 4) is 0 Å². The summed E-state index contributed by atoms with van der Waals surface area (Å²) in [5.41, 5.74) is 1.81. The number of halogens is 2. The van der Waals surface area contributed by atoms with E-state index in [-0.39, 0.29) is 33.8 Å². The van der Waals surface area contributed by atoms with Gasteiger partial charge in [-0.3, -0.25) is 8.87 Å². The van der Waals surface area contributed by atoms with Crippen LogP contribution in [0.15, 0.2) is 126 Å². The van der Waals surface area contributed by atoms with Crippen LogP contribution in [-0.2, 0) is 36.8 Å². The molecule has 0 aromatic heterocycles. The number of benzene rings is 5. The first kappa shape index (κ1) is 29.3. The van der Waals surface area contributed by atoms with E-state index in [2.05, 4.69) is 0 Å². The van der Waals surface area contributed by atoms with Gasteiger partial charge in [0.1, 0.15) is 6.29 Å². The normalized spacial score (nSPS) is 12.0. The molecule has 0 fully saturated rings. The fourth-order valence-corrected chi connectivity index (χ4v) is 8.50. The Morgan fingerprint density at radius 3 is 1.71 bits per heavy atom. The predicted molar refractivity (Wildman–Crippen MR) is 165 cm³/mol. The second kappa shape index (κ2) is 12.8. The molecular weight excluding hydrogens is 600 g/mol. The van der Waals surface area contributed by atoms with Gasteiger partial charge in [-0.1, -0.05) is 114 Å². The SMILES string of the molecule is O=P(CN(c1ccc2ccccc2c1)S(=O)(=O)c1cc(Cl)cc(Cl)c1)(OCc1ccccc1)OCc1ccccc1. The summed E-state index contributed by atoms with van der Waals surface area (Å²) in [5, 5.41) is 2.03. The summed E-state index contributed by atoms with van der Waals surface area (Å²) in [6.45, 7) is -0.0803. The highest BCUT2D eigenvalue weighted by atomic mass is 35.5. The molecule has 0 spiro atoms. The van der Waals surface area contributed by atoms with Crippen molar-refractivity contribution < 1.29 is 22.0 Å². The van der Waals surface area contributed by atoms with E-state index in [1.165, 1.54) is 18.2 Å². The minimum atomic E-state index is -4.33. The Labute approximate surface area is 249 Å². The van der Waals surface area contributed by atoms with Crippen molar-refractivity contribution in [1.29, 1.82) is 0 Å². The molecule has 0 aliphatic heterocycles. The molecule has 5 aromatic rings. The van der Waals surface area contributed by atoms with Crippen LogP contribution in [0.4, 0.5) is 5.69 Å². The minimum absolute atomic E-state index is 0.0402. The van der Waals surface area contributed by atoms with Crippen molar-refractivity contribution in [2.45, 2.75) is 18.1 Å². The molecule has 0 radical (unpaired) electrons. The van der Waals surface area contributed by atoms with E-state index in [4.69, 9.17) is 32.2 Å². The first-order valence-corrected chi connectivity index (χ1v) is 16.6. The van der Waals surface area contributed by atoms with E-state index in [1.807, 2.05) is 84.9 Å². The van der Waals surface area contributed by atoms with Crippen LogP contribution in [0.2, 0.25) is 10.0 Å². The molecule has 5 aromatic carbocycles. The maximum absolute atomic E-state index is 14.4. The van der Waals surface area contributed by atoms with Gasteiger partial charge in [0.2, 0.25) is 0 Å². The van der Waals surface area contributed by atoms with Crippen LogP contribution in [-0.4, -0.2) is 14.7 Å². The van der Waals surface area contributed by atoms with Gasteiger partial charge in [-0.25, -0.2) is 8.42 Å². The lowest BCUT2D eigenvalue weighted by atomic mass is 10.1. The molecule has 0 heterocycles. The number of sulfonamides is 1. The minimum Gasteiger partial charge on any atom is -0.302 e. The van der Waals surface area contributed by atoms with E-state index in [1.54, 1.807) is 18.2 Å². The van der Waals surface area contributed by atoms with Gasteiger partial charge in [-0.15, -0.1) is 0 Å². The van der Waals surface area contributed by atoms with Gasteiger partial charge in [0.05, 0.1) is 23.8 Å². The van der Waals surface area contributed by atoms with Crippen LogP contribution in [0.3, 0.4) is 0 Å². The van der Waals surface area contributed by atoms with Gasteiger partial charge in [0.15, 0.2) is 0 Å². The average Bonchev–Trinajstić information content (AvgIpc) is 2.98. The second-order valence-electron chi connectivity index (χ2n) is 9.26. The topological polar surface area (TPSA) is 72.9 Å². The molecule has 0 aliphatic carbocycles. The molecule has 5 rings (SSSR count). The van der Waals surface area contributed by atoms with Gasteiger partial charge in [-0.2, -0.15) is 0 Å². The van der Waals surface area contributed by atoms with Crippen molar-refractivity contribution in [2.24, 2.45) is 0 Å². The van der Waals surface area contributed by atoms with Crippen molar-refractivity contribution in [1.82, 2.24) is 0 Å². The second-order valence-corrected chi connectivity index (χ2v) is 14.0. The first-order chi connectivity index (χ1) is 19.7. The van der Waals surface area contributed by atoms with Crippen LogP contribution in [0.1, 0.15) is 11.1 Å². The third-order valence-electron chi connectivity index (χ3n) is 6.29. The third kappa shape index (κ3) is 7.38. The van der Waals surface area contributed by atoms with Gasteiger partial charge >= 0.3 is 7.60 Å². The molecule has 10 heteroatoms. The molecule has 0 amide bonds. The molecule has 0 N–H and O–H groups in total. The Morgan fingerprint density at radius 2 is 1.15 bits per heavy atom. The summed E-state index contributed by atoms with van der Waals surface area (Å²) >= 11 is 12.4. The molecule has 0 unspecified atom stereocenters. The lowest BCUT2D eigenvalue weighted by Gasteiger charge is -2.29. The smallest absolute Gasteiger partial charge is 0.302 e. The Bertz CT molecular complexity index is 1740. The highest BCUT2D eigenvalue weighted by molar-refractivity contribution is 7.93. The molecule has 0 saturated carbocycles. The zero-order valence-electron chi connectivity index (χ0n) is 21.8. The number of fused-ring (bicyclic) bond motifs is 1. The number of rotatable bonds is 11. The molecule has 210 valence electrons. The van der Waals surface area contributed by atoms with Crippen LogP contribution in [0.25, 0.3) is 10.8 Å². The van der Waals surface area contributed by atoms with E-state index >= 15 is 0 Å². The maximum Gasteiger partial charge on any atom is 0.351 e. The summed E-state index contributed by atoms with van der Waals surface area (Å²) in [4.78, 5) is -0.152. The van der Waals surface area contributed by atoms with Crippen LogP contribution >= 0.6 is 30.8 Å². The molecule has 41 heavy (non-hydrogen) atoms. The highest BCUT2D eigenvalue weighted by Crippen LogP contribution is 2.52. The Balaban J connectivity index is 1.57. The fourth-order valence-electron chi connectivity index (χ4n) is 4.20. The number of nitrogens with zero attached hydrogens (tertiary/aromatic N) is 1. The van der Waals surface area contributed by atoms with Crippen LogP contribution in [0.5, 0.6) is 0 Å². The van der Waals surface area contributed by atoms with Crippen molar-refractivity contribution in [3.05, 3.63) is 142 Å². The standard InChI is InChI=1S/C31H26Cl2NO5PS/c32-28-18-29(33)20-31(19-28)41(36,37)34(30-16-15-26-13-7-8-14-27(26)17-30)23-40(35,38-21-24-9-3-1-4-10-24)39-22-25-11-5-2-6-12-25/h1-20H,21-23H2. The van der Waals surface area contributed by atoms with E-state index in [0.717, 1.165) is 26.2 Å². The lowest BCUT2D eigenvalue weighted by Crippen LogP contribution is -2.32. The summed E-state index contributed by atoms with van der Waals surface area (Å²) in [5.74, 6) is 0. The number of hydrogen-bond donors (Lipinski definition) is 0. The molecular formula is C31H26Cl2NO5PS. The van der Waals surface area contributed by atoms with Crippen LogP contribution < -0.4 is 4.31 Å². The van der Waals surface area contributed by atoms with Crippen molar-refractivity contribution >= 4 is 57.3 Å². The quantitative estimate of drug-likeness (QED) is 0.137. The van der Waals surface area contributed by atoms with Crippen molar-refractivity contribution in [3.63, 3.8) is 0 Å². The zero-order valence-corrected chi connectivity index (χ0v) is 25.0. The van der Waals surface area contributed by atoms with E-state index in [9.17, 15) is 13.0 Å². The van der Waals surface area contributed by atoms with Crippen LogP contribution in [0, 0.1) is 0 Å². The zero-order chi connectivity index (χ0) is 28.9. The highest BCUT2D eigenvalue weighted by Gasteiger charge is 2.36.